The van der Waals surface area contributed by atoms with Crippen LogP contribution in [-0.2, 0) is 18.1 Å². The molecule has 0 spiro atoms. The Labute approximate surface area is 138 Å². The third kappa shape index (κ3) is 9.51. The molecule has 0 saturated carbocycles. The van der Waals surface area contributed by atoms with Gasteiger partial charge >= 0.3 is 20.8 Å². The molecule has 0 radical (unpaired) electrons. The largest absolute Gasteiger partial charge is 0.500 e. The third-order valence-corrected chi connectivity index (χ3v) is 5.96. The first-order valence-corrected chi connectivity index (χ1v) is 9.78. The summed E-state index contributed by atoms with van der Waals surface area (Å²) in [5.41, 5.74) is 4.65. The molecule has 0 aliphatic rings. The average Bonchev–Trinajstić information content (AvgIpc) is 2.50. The van der Waals surface area contributed by atoms with Crippen LogP contribution in [0.5, 0.6) is 0 Å². The fourth-order valence-corrected chi connectivity index (χ4v) is 4.40. The highest BCUT2D eigenvalue weighted by Gasteiger charge is 2.39. The van der Waals surface area contributed by atoms with Crippen LogP contribution in [-0.4, -0.2) is 58.3 Å². The predicted octanol–water partition coefficient (Wildman–Crippen LogP) is 0.702. The Morgan fingerprint density at radius 3 is 2.04 bits per heavy atom. The third-order valence-electron chi connectivity index (χ3n) is 2.81. The second-order valence-corrected chi connectivity index (χ2v) is 7.40. The minimum atomic E-state index is -2.68. The fraction of sp³-hybridized carbons (Fsp3) is 0.846. The number of hydrogen-bond acceptors (Lipinski definition) is 6. The fourth-order valence-electron chi connectivity index (χ4n) is 1.79. The molecule has 0 heterocycles. The van der Waals surface area contributed by atoms with E-state index in [1.807, 2.05) is 20.8 Å². The van der Waals surface area contributed by atoms with Crippen LogP contribution < -0.4 is 16.2 Å². The van der Waals surface area contributed by atoms with Crippen LogP contribution in [0.2, 0.25) is 6.04 Å². The Hall–Kier alpha value is -1.20. The number of hydrogen-bond donors (Lipinski definition) is 4. The monoisotopic (exact) mass is 351 g/mol. The van der Waals surface area contributed by atoms with E-state index in [1.54, 1.807) is 0 Å². The number of carboxylic acids is 1. The quantitative estimate of drug-likeness (QED) is 0.219. The summed E-state index contributed by atoms with van der Waals surface area (Å²) >= 11 is 0. The lowest BCUT2D eigenvalue weighted by atomic mass is 10.4. The summed E-state index contributed by atoms with van der Waals surface area (Å²) in [6.07, 6.45) is 0.633. The topological polar surface area (TPSA) is 118 Å². The molecule has 0 aromatic carbocycles. The van der Waals surface area contributed by atoms with E-state index in [-0.39, 0.29) is 0 Å². The molecule has 0 rings (SSSR count). The van der Waals surface area contributed by atoms with E-state index in [0.29, 0.717) is 38.8 Å². The number of aliphatic carboxylic acids is 1. The van der Waals surface area contributed by atoms with E-state index in [2.05, 4.69) is 16.2 Å². The summed E-state index contributed by atoms with van der Waals surface area (Å²) in [5, 5.41) is 11.3. The maximum absolute atomic E-state index is 11.5. The highest BCUT2D eigenvalue weighted by Crippen LogP contribution is 2.17. The van der Waals surface area contributed by atoms with Gasteiger partial charge in [-0.3, -0.25) is 10.2 Å². The normalized spacial score (nSPS) is 12.7. The standard InChI is InChI=1S/C13H29N3O6Si/c1-5-20-23(21-6-2,22-7-3)10-8-9-14-13(19)16-15-11(4)12(17)18/h11,15H,5-10H2,1-4H3,(H,17,18)(H2,14,16,19)/t11-/m0/s1. The Kier molecular flexibility index (Phi) is 11.6. The number of nitrogens with one attached hydrogen (secondary N) is 3. The Morgan fingerprint density at radius 1 is 1.09 bits per heavy atom. The van der Waals surface area contributed by atoms with Gasteiger partial charge in [0.15, 0.2) is 0 Å². The molecule has 136 valence electrons. The lowest BCUT2D eigenvalue weighted by molar-refractivity contribution is -0.139. The second-order valence-electron chi connectivity index (χ2n) is 4.67. The van der Waals surface area contributed by atoms with Crippen LogP contribution in [0.4, 0.5) is 4.79 Å². The Balaban J connectivity index is 4.13. The maximum Gasteiger partial charge on any atom is 0.500 e. The van der Waals surface area contributed by atoms with Gasteiger partial charge in [-0.1, -0.05) is 0 Å². The van der Waals surface area contributed by atoms with Crippen molar-refractivity contribution in [3.8, 4) is 0 Å². The molecule has 0 aliphatic heterocycles. The van der Waals surface area contributed by atoms with Crippen molar-refractivity contribution in [3.05, 3.63) is 0 Å². The number of amides is 2. The number of hydrazine groups is 1. The van der Waals surface area contributed by atoms with Gasteiger partial charge in [0.25, 0.3) is 0 Å². The molecule has 0 saturated heterocycles. The highest BCUT2D eigenvalue weighted by atomic mass is 28.4. The van der Waals surface area contributed by atoms with E-state index in [4.69, 9.17) is 18.4 Å². The molecule has 10 heteroatoms. The SMILES string of the molecule is CCO[Si](CCCNC(=O)NN[C@@H](C)C(=O)O)(OCC)OCC. The van der Waals surface area contributed by atoms with E-state index < -0.39 is 26.8 Å². The zero-order chi connectivity index (χ0) is 17.7. The lowest BCUT2D eigenvalue weighted by Crippen LogP contribution is -2.51. The van der Waals surface area contributed by atoms with Gasteiger partial charge in [-0.05, 0) is 34.1 Å². The molecule has 0 unspecified atom stereocenters. The average molecular weight is 351 g/mol. The minimum Gasteiger partial charge on any atom is -0.480 e. The van der Waals surface area contributed by atoms with Gasteiger partial charge in [-0.2, -0.15) is 0 Å². The van der Waals surface area contributed by atoms with Gasteiger partial charge in [0.1, 0.15) is 6.04 Å². The second kappa shape index (κ2) is 12.2. The zero-order valence-corrected chi connectivity index (χ0v) is 15.3. The van der Waals surface area contributed by atoms with Gasteiger partial charge in [0.2, 0.25) is 0 Å². The molecule has 0 aliphatic carbocycles. The van der Waals surface area contributed by atoms with Crippen LogP contribution in [0.25, 0.3) is 0 Å². The van der Waals surface area contributed by atoms with Crippen molar-refractivity contribution in [2.75, 3.05) is 26.4 Å². The molecule has 23 heavy (non-hydrogen) atoms. The van der Waals surface area contributed by atoms with Crippen LogP contribution >= 0.6 is 0 Å². The van der Waals surface area contributed by atoms with Gasteiger partial charge in [-0.25, -0.2) is 10.2 Å². The number of urea groups is 1. The van der Waals surface area contributed by atoms with E-state index in [9.17, 15) is 9.59 Å². The summed E-state index contributed by atoms with van der Waals surface area (Å²) in [6.45, 7) is 9.03. The first-order valence-electron chi connectivity index (χ1n) is 7.84. The molecule has 0 aromatic heterocycles. The Bertz CT molecular complexity index is 342. The molecular formula is C13H29N3O6Si. The predicted molar refractivity (Wildman–Crippen MR) is 86.8 cm³/mol. The number of rotatable bonds is 13. The van der Waals surface area contributed by atoms with Gasteiger partial charge in [0, 0.05) is 32.4 Å². The molecule has 0 bridgehead atoms. The summed E-state index contributed by atoms with van der Waals surface area (Å²) in [5.74, 6) is -1.05. The molecule has 0 fully saturated rings. The van der Waals surface area contributed by atoms with E-state index in [1.165, 1.54) is 6.92 Å². The lowest BCUT2D eigenvalue weighted by Gasteiger charge is -2.28. The van der Waals surface area contributed by atoms with Crippen molar-refractivity contribution in [1.29, 1.82) is 0 Å². The molecule has 0 aromatic rings. The number of carbonyl (C=O) groups is 2. The van der Waals surface area contributed by atoms with Crippen LogP contribution in [0.15, 0.2) is 0 Å². The zero-order valence-electron chi connectivity index (χ0n) is 14.3. The molecule has 2 amide bonds. The van der Waals surface area contributed by atoms with Crippen LogP contribution in [0.3, 0.4) is 0 Å². The summed E-state index contributed by atoms with van der Waals surface area (Å²) in [7, 11) is -2.68. The van der Waals surface area contributed by atoms with Crippen molar-refractivity contribution in [3.63, 3.8) is 0 Å². The summed E-state index contributed by atoms with van der Waals surface area (Å²) in [6, 6.07) is -0.758. The van der Waals surface area contributed by atoms with Gasteiger partial charge < -0.3 is 23.7 Å². The summed E-state index contributed by atoms with van der Waals surface area (Å²) in [4.78, 5) is 22.1. The minimum absolute atomic E-state index is 0.400. The Morgan fingerprint density at radius 2 is 1.61 bits per heavy atom. The molecular weight excluding hydrogens is 322 g/mol. The molecule has 4 N–H and O–H groups in total. The van der Waals surface area contributed by atoms with Crippen LogP contribution in [0, 0.1) is 0 Å². The smallest absolute Gasteiger partial charge is 0.480 e. The number of carboxylic acid groups (broad SMARTS) is 1. The molecule has 1 atom stereocenters. The van der Waals surface area contributed by atoms with Crippen molar-refractivity contribution in [2.24, 2.45) is 0 Å². The van der Waals surface area contributed by atoms with Crippen molar-refractivity contribution in [1.82, 2.24) is 16.2 Å². The van der Waals surface area contributed by atoms with Crippen molar-refractivity contribution < 1.29 is 28.0 Å². The first kappa shape index (κ1) is 21.8. The van der Waals surface area contributed by atoms with Crippen molar-refractivity contribution >= 4 is 20.8 Å². The van der Waals surface area contributed by atoms with E-state index >= 15 is 0 Å². The number of carbonyl (C=O) groups excluding carboxylic acids is 1. The van der Waals surface area contributed by atoms with Crippen LogP contribution in [0.1, 0.15) is 34.1 Å². The molecule has 9 nitrogen and oxygen atoms in total. The van der Waals surface area contributed by atoms with E-state index in [0.717, 1.165) is 0 Å². The summed E-state index contributed by atoms with van der Waals surface area (Å²) < 4.78 is 17.1. The maximum atomic E-state index is 11.5. The first-order chi connectivity index (χ1) is 10.9. The van der Waals surface area contributed by atoms with Crippen molar-refractivity contribution in [2.45, 2.75) is 46.2 Å². The van der Waals surface area contributed by atoms with Gasteiger partial charge in [-0.15, -0.1) is 0 Å². The highest BCUT2D eigenvalue weighted by molar-refractivity contribution is 6.60. The van der Waals surface area contributed by atoms with Gasteiger partial charge in [0.05, 0.1) is 0 Å².